The van der Waals surface area contributed by atoms with Crippen molar-refractivity contribution in [3.05, 3.63) is 42.1 Å². The van der Waals surface area contributed by atoms with Crippen LogP contribution in [0.2, 0.25) is 0 Å². The van der Waals surface area contributed by atoms with Crippen molar-refractivity contribution in [2.45, 2.75) is 19.4 Å². The largest absolute Gasteiger partial charge is 0.215 e. The van der Waals surface area contributed by atoms with Crippen LogP contribution in [0.4, 0.5) is 0 Å². The third kappa shape index (κ3) is 0.966. The Bertz CT molecular complexity index is 421. The zero-order valence-corrected chi connectivity index (χ0v) is 7.53. The van der Waals surface area contributed by atoms with E-state index in [2.05, 4.69) is 41.1 Å². The minimum Gasteiger partial charge on any atom is -0.198 e. The summed E-state index contributed by atoms with van der Waals surface area (Å²) in [6.45, 7) is 1.17. The standard InChI is InChI=1S/C12H12N/c1-4-10-6-2-8-13-9-3-7-11(5-1)12(10)13/h1-2,4-6,8H,3,7,9H2/q+1. The molecule has 2 heterocycles. The van der Waals surface area contributed by atoms with Gasteiger partial charge in [0.2, 0.25) is 5.52 Å². The monoisotopic (exact) mass is 170 g/mol. The first-order chi connectivity index (χ1) is 6.45. The summed E-state index contributed by atoms with van der Waals surface area (Å²) < 4.78 is 2.37. The van der Waals surface area contributed by atoms with Crippen LogP contribution in [0.5, 0.6) is 0 Å². The molecule has 64 valence electrons. The Morgan fingerprint density at radius 1 is 1.08 bits per heavy atom. The predicted molar refractivity (Wildman–Crippen MR) is 52.5 cm³/mol. The molecule has 1 aliphatic heterocycles. The van der Waals surface area contributed by atoms with E-state index in [1.165, 1.54) is 35.9 Å². The van der Waals surface area contributed by atoms with Crippen molar-refractivity contribution in [2.24, 2.45) is 0 Å². The van der Waals surface area contributed by atoms with Gasteiger partial charge in [-0.05, 0) is 18.6 Å². The Morgan fingerprint density at radius 2 is 2.00 bits per heavy atom. The van der Waals surface area contributed by atoms with E-state index in [1.54, 1.807) is 0 Å². The van der Waals surface area contributed by atoms with Crippen LogP contribution in [0.1, 0.15) is 12.0 Å². The second-order valence-corrected chi connectivity index (χ2v) is 3.66. The van der Waals surface area contributed by atoms with Crippen LogP contribution in [0.15, 0.2) is 36.5 Å². The van der Waals surface area contributed by atoms with Crippen molar-refractivity contribution in [1.29, 1.82) is 0 Å². The fraction of sp³-hybridized carbons (Fsp3) is 0.250. The van der Waals surface area contributed by atoms with E-state index >= 15 is 0 Å². The van der Waals surface area contributed by atoms with Gasteiger partial charge in [-0.2, -0.15) is 4.57 Å². The van der Waals surface area contributed by atoms with E-state index in [4.69, 9.17) is 0 Å². The van der Waals surface area contributed by atoms with Gasteiger partial charge in [0, 0.05) is 23.4 Å². The number of benzene rings is 1. The molecule has 0 bridgehead atoms. The van der Waals surface area contributed by atoms with Crippen molar-refractivity contribution < 1.29 is 4.57 Å². The lowest BCUT2D eigenvalue weighted by atomic mass is 10.0. The Balaban J connectivity index is 2.49. The zero-order chi connectivity index (χ0) is 8.67. The quantitative estimate of drug-likeness (QED) is 0.533. The maximum absolute atomic E-state index is 2.37. The second kappa shape index (κ2) is 2.56. The fourth-order valence-electron chi connectivity index (χ4n) is 2.25. The van der Waals surface area contributed by atoms with E-state index in [9.17, 15) is 0 Å². The van der Waals surface area contributed by atoms with Gasteiger partial charge >= 0.3 is 0 Å². The lowest BCUT2D eigenvalue weighted by Crippen LogP contribution is -2.37. The number of hydrogen-bond acceptors (Lipinski definition) is 0. The molecule has 3 rings (SSSR count). The van der Waals surface area contributed by atoms with Crippen molar-refractivity contribution >= 4 is 10.9 Å². The number of nitrogens with zero attached hydrogens (tertiary/aromatic N) is 1. The smallest absolute Gasteiger partial charge is 0.198 e. The van der Waals surface area contributed by atoms with Crippen LogP contribution in [0, 0.1) is 0 Å². The Kier molecular flexibility index (Phi) is 1.39. The van der Waals surface area contributed by atoms with E-state index < -0.39 is 0 Å². The molecule has 0 N–H and O–H groups in total. The van der Waals surface area contributed by atoms with Crippen LogP contribution >= 0.6 is 0 Å². The molecule has 0 aliphatic carbocycles. The minimum atomic E-state index is 1.17. The third-order valence-corrected chi connectivity index (χ3v) is 2.82. The summed E-state index contributed by atoms with van der Waals surface area (Å²) in [4.78, 5) is 0. The molecule has 0 amide bonds. The molecule has 0 atom stereocenters. The van der Waals surface area contributed by atoms with Gasteiger partial charge in [-0.15, -0.1) is 0 Å². The molecule has 1 aliphatic rings. The van der Waals surface area contributed by atoms with Gasteiger partial charge in [-0.25, -0.2) is 0 Å². The van der Waals surface area contributed by atoms with Crippen LogP contribution in [0.25, 0.3) is 10.9 Å². The first-order valence-electron chi connectivity index (χ1n) is 4.85. The van der Waals surface area contributed by atoms with Crippen molar-refractivity contribution in [2.75, 3.05) is 0 Å². The lowest BCUT2D eigenvalue weighted by Gasteiger charge is -2.10. The maximum Gasteiger partial charge on any atom is 0.215 e. The predicted octanol–water partition coefficient (Wildman–Crippen LogP) is 2.07. The first kappa shape index (κ1) is 7.07. The van der Waals surface area contributed by atoms with E-state index in [0.29, 0.717) is 0 Å². The molecule has 0 unspecified atom stereocenters. The summed E-state index contributed by atoms with van der Waals surface area (Å²) in [5, 5.41) is 1.37. The second-order valence-electron chi connectivity index (χ2n) is 3.66. The maximum atomic E-state index is 2.37. The minimum absolute atomic E-state index is 1.17. The van der Waals surface area contributed by atoms with Gasteiger partial charge in [0.05, 0.1) is 0 Å². The molecule has 0 saturated heterocycles. The molecule has 13 heavy (non-hydrogen) atoms. The highest BCUT2D eigenvalue weighted by Gasteiger charge is 2.17. The van der Waals surface area contributed by atoms with Gasteiger partial charge in [0.25, 0.3) is 0 Å². The molecule has 0 radical (unpaired) electrons. The summed E-state index contributed by atoms with van der Waals surface area (Å²) in [7, 11) is 0. The van der Waals surface area contributed by atoms with Crippen molar-refractivity contribution in [3.8, 4) is 0 Å². The Labute approximate surface area is 77.6 Å². The molecule has 0 spiro atoms. The molecule has 1 aromatic heterocycles. The van der Waals surface area contributed by atoms with Crippen LogP contribution in [-0.2, 0) is 13.0 Å². The summed E-state index contributed by atoms with van der Waals surface area (Å²) in [6.07, 6.45) is 4.70. The van der Waals surface area contributed by atoms with Crippen LogP contribution in [-0.4, -0.2) is 0 Å². The zero-order valence-electron chi connectivity index (χ0n) is 7.53. The topological polar surface area (TPSA) is 3.88 Å². The average molecular weight is 170 g/mol. The van der Waals surface area contributed by atoms with Crippen molar-refractivity contribution in [3.63, 3.8) is 0 Å². The van der Waals surface area contributed by atoms with Crippen molar-refractivity contribution in [1.82, 2.24) is 0 Å². The molecule has 1 heteroatoms. The van der Waals surface area contributed by atoms with Crippen LogP contribution < -0.4 is 4.57 Å². The summed E-state index contributed by atoms with van der Waals surface area (Å²) in [5.41, 5.74) is 2.94. The van der Waals surface area contributed by atoms with Gasteiger partial charge in [-0.1, -0.05) is 12.1 Å². The van der Waals surface area contributed by atoms with E-state index in [1.807, 2.05) is 0 Å². The van der Waals surface area contributed by atoms with Gasteiger partial charge in [0.15, 0.2) is 6.20 Å². The fourth-order valence-corrected chi connectivity index (χ4v) is 2.25. The molecule has 1 nitrogen and oxygen atoms in total. The SMILES string of the molecule is c1cc2c3c(c1)ccc[n+]3CCC2. The van der Waals surface area contributed by atoms with E-state index in [-0.39, 0.29) is 0 Å². The third-order valence-electron chi connectivity index (χ3n) is 2.82. The molecule has 0 fully saturated rings. The molecular formula is C12H12N+. The number of aromatic nitrogens is 1. The van der Waals surface area contributed by atoms with Gasteiger partial charge in [0.1, 0.15) is 6.54 Å². The number of pyridine rings is 1. The highest BCUT2D eigenvalue weighted by molar-refractivity contribution is 5.78. The first-order valence-corrected chi connectivity index (χ1v) is 4.85. The molecule has 2 aromatic rings. The van der Waals surface area contributed by atoms with Crippen LogP contribution in [0.3, 0.4) is 0 Å². The number of aryl methyl sites for hydroxylation is 2. The Hall–Kier alpha value is -1.37. The molecule has 1 aromatic carbocycles. The molecular weight excluding hydrogens is 158 g/mol. The van der Waals surface area contributed by atoms with Gasteiger partial charge < -0.3 is 0 Å². The van der Waals surface area contributed by atoms with E-state index in [0.717, 1.165) is 0 Å². The summed E-state index contributed by atoms with van der Waals surface area (Å²) in [6, 6.07) is 10.9. The number of hydrogen-bond donors (Lipinski definition) is 0. The van der Waals surface area contributed by atoms with Gasteiger partial charge in [-0.3, -0.25) is 0 Å². The number of rotatable bonds is 0. The normalized spacial score (nSPS) is 14.8. The average Bonchev–Trinajstić information content (AvgIpc) is 2.19. The Morgan fingerprint density at radius 3 is 3.00 bits per heavy atom. The summed E-state index contributed by atoms with van der Waals surface area (Å²) >= 11 is 0. The number of para-hydroxylation sites is 1. The lowest BCUT2D eigenvalue weighted by molar-refractivity contribution is -0.674. The summed E-state index contributed by atoms with van der Waals surface area (Å²) in [5.74, 6) is 0. The molecule has 0 saturated carbocycles. The highest BCUT2D eigenvalue weighted by atomic mass is 15.0. The highest BCUT2D eigenvalue weighted by Crippen LogP contribution is 2.19.